The molecule has 1 heterocycles. The van der Waals surface area contributed by atoms with Gasteiger partial charge in [-0.15, -0.1) is 0 Å². The summed E-state index contributed by atoms with van der Waals surface area (Å²) in [5.74, 6) is 0. The molecule has 0 aliphatic carbocycles. The summed E-state index contributed by atoms with van der Waals surface area (Å²) >= 11 is 0. The molecule has 3 nitrogen and oxygen atoms in total. The predicted octanol–water partition coefficient (Wildman–Crippen LogP) is 0.887. The van der Waals surface area contributed by atoms with Crippen LogP contribution in [0.3, 0.4) is 0 Å². The molecule has 0 unspecified atom stereocenters. The number of nitrogens with zero attached hydrogens (tertiary/aromatic N) is 2. The summed E-state index contributed by atoms with van der Waals surface area (Å²) in [6.07, 6.45) is 2.91. The van der Waals surface area contributed by atoms with Crippen LogP contribution in [-0.2, 0) is 32.7 Å². The molecule has 10 heavy (non-hydrogen) atoms. The molecule has 0 saturated carbocycles. The van der Waals surface area contributed by atoms with E-state index in [1.54, 1.807) is 18.3 Å². The van der Waals surface area contributed by atoms with E-state index in [2.05, 4.69) is 10.1 Å². The van der Waals surface area contributed by atoms with Gasteiger partial charge in [-0.05, 0) is 12.1 Å². The van der Waals surface area contributed by atoms with Crippen LogP contribution >= 0.6 is 0 Å². The van der Waals surface area contributed by atoms with E-state index >= 15 is 0 Å². The molecular formula is C6H6N2OY. The Kier molecular flexibility index (Phi) is 5.35. The molecule has 0 saturated heterocycles. The minimum atomic E-state index is 0. The SMILES string of the molecule is O/N=C/c1ccccn1.[Y]. The summed E-state index contributed by atoms with van der Waals surface area (Å²) in [6.45, 7) is 0. The first kappa shape index (κ1) is 9.72. The molecule has 4 heteroatoms. The third-order valence-corrected chi connectivity index (χ3v) is 0.878. The van der Waals surface area contributed by atoms with Crippen LogP contribution < -0.4 is 0 Å². The van der Waals surface area contributed by atoms with Crippen LogP contribution in [0.4, 0.5) is 0 Å². The number of pyridine rings is 1. The minimum absolute atomic E-state index is 0. The number of rotatable bonds is 1. The van der Waals surface area contributed by atoms with Gasteiger partial charge in [-0.1, -0.05) is 11.2 Å². The quantitative estimate of drug-likeness (QED) is 0.426. The molecule has 0 bridgehead atoms. The Morgan fingerprint density at radius 1 is 1.50 bits per heavy atom. The van der Waals surface area contributed by atoms with Crippen LogP contribution in [-0.4, -0.2) is 16.4 Å². The van der Waals surface area contributed by atoms with Gasteiger partial charge in [0, 0.05) is 38.9 Å². The van der Waals surface area contributed by atoms with Gasteiger partial charge in [0.25, 0.3) is 0 Å². The maximum absolute atomic E-state index is 8.05. The molecule has 1 aromatic heterocycles. The molecule has 0 aliphatic rings. The van der Waals surface area contributed by atoms with E-state index in [-0.39, 0.29) is 32.7 Å². The Balaban J connectivity index is 0.000000810. The van der Waals surface area contributed by atoms with E-state index < -0.39 is 0 Å². The summed E-state index contributed by atoms with van der Waals surface area (Å²) in [5.41, 5.74) is 0.653. The van der Waals surface area contributed by atoms with Gasteiger partial charge in [-0.3, -0.25) is 4.98 Å². The molecular weight excluding hydrogens is 205 g/mol. The van der Waals surface area contributed by atoms with Crippen LogP contribution in [0.1, 0.15) is 5.69 Å². The monoisotopic (exact) mass is 211 g/mol. The van der Waals surface area contributed by atoms with Crippen LogP contribution in [0.15, 0.2) is 29.6 Å². The third kappa shape index (κ3) is 3.04. The Morgan fingerprint density at radius 2 is 2.30 bits per heavy atom. The molecule has 1 aromatic rings. The second-order valence-electron chi connectivity index (χ2n) is 1.50. The number of hydrogen-bond acceptors (Lipinski definition) is 3. The van der Waals surface area contributed by atoms with E-state index in [1.165, 1.54) is 6.21 Å². The first-order chi connectivity index (χ1) is 4.43. The topological polar surface area (TPSA) is 45.5 Å². The van der Waals surface area contributed by atoms with Gasteiger partial charge in [0.05, 0.1) is 11.9 Å². The average molecular weight is 211 g/mol. The van der Waals surface area contributed by atoms with Gasteiger partial charge in [-0.25, -0.2) is 0 Å². The number of hydrogen-bond donors (Lipinski definition) is 1. The zero-order valence-corrected chi connectivity index (χ0v) is 8.14. The standard InChI is InChI=1S/C6H6N2O.Y/c9-8-5-6-3-1-2-4-7-6;/h1-5,9H;/b8-5+;. The smallest absolute Gasteiger partial charge is 0.0918 e. The van der Waals surface area contributed by atoms with Crippen LogP contribution in [0.2, 0.25) is 0 Å². The van der Waals surface area contributed by atoms with Crippen molar-refractivity contribution in [2.24, 2.45) is 5.16 Å². The molecule has 0 spiro atoms. The van der Waals surface area contributed by atoms with Crippen molar-refractivity contribution in [2.45, 2.75) is 0 Å². The van der Waals surface area contributed by atoms with Gasteiger partial charge in [0.2, 0.25) is 0 Å². The molecule has 0 aromatic carbocycles. The Bertz CT molecular complexity index is 200. The van der Waals surface area contributed by atoms with Gasteiger partial charge >= 0.3 is 0 Å². The van der Waals surface area contributed by atoms with Crippen LogP contribution in [0.25, 0.3) is 0 Å². The predicted molar refractivity (Wildman–Crippen MR) is 33.6 cm³/mol. The maximum Gasteiger partial charge on any atom is 0.0918 e. The molecule has 0 fully saturated rings. The second-order valence-corrected chi connectivity index (χ2v) is 1.50. The fourth-order valence-electron chi connectivity index (χ4n) is 0.511. The van der Waals surface area contributed by atoms with E-state index in [9.17, 15) is 0 Å². The number of aromatic nitrogens is 1. The number of oxime groups is 1. The molecule has 49 valence electrons. The summed E-state index contributed by atoms with van der Waals surface area (Å²) in [6, 6.07) is 5.37. The third-order valence-electron chi connectivity index (χ3n) is 0.878. The normalized spacial score (nSPS) is 9.20. The first-order valence-corrected chi connectivity index (χ1v) is 2.52. The van der Waals surface area contributed by atoms with Crippen molar-refractivity contribution in [3.8, 4) is 0 Å². The van der Waals surface area contributed by atoms with Crippen molar-refractivity contribution in [2.75, 3.05) is 0 Å². The molecule has 0 amide bonds. The first-order valence-electron chi connectivity index (χ1n) is 2.52. The molecule has 1 N–H and O–H groups in total. The Labute approximate surface area is 84.0 Å². The summed E-state index contributed by atoms with van der Waals surface area (Å²) in [5, 5.41) is 10.9. The maximum atomic E-state index is 8.05. The Hall–Kier alpha value is -0.276. The van der Waals surface area contributed by atoms with E-state index in [0.29, 0.717) is 5.69 Å². The largest absolute Gasteiger partial charge is 0.411 e. The van der Waals surface area contributed by atoms with Gasteiger partial charge in [0.15, 0.2) is 0 Å². The van der Waals surface area contributed by atoms with E-state index in [0.717, 1.165) is 0 Å². The van der Waals surface area contributed by atoms with Gasteiger partial charge < -0.3 is 5.21 Å². The van der Waals surface area contributed by atoms with Crippen molar-refractivity contribution in [1.29, 1.82) is 0 Å². The second kappa shape index (κ2) is 5.50. The fraction of sp³-hybridized carbons (Fsp3) is 0. The van der Waals surface area contributed by atoms with E-state index in [4.69, 9.17) is 5.21 Å². The molecule has 0 atom stereocenters. The molecule has 0 aliphatic heterocycles. The summed E-state index contributed by atoms with van der Waals surface area (Å²) < 4.78 is 0. The van der Waals surface area contributed by atoms with Crippen molar-refractivity contribution in [1.82, 2.24) is 4.98 Å². The molecule has 1 radical (unpaired) electrons. The van der Waals surface area contributed by atoms with Crippen LogP contribution in [0, 0.1) is 0 Å². The zero-order valence-electron chi connectivity index (χ0n) is 5.31. The minimum Gasteiger partial charge on any atom is -0.411 e. The van der Waals surface area contributed by atoms with Crippen molar-refractivity contribution in [3.05, 3.63) is 30.1 Å². The van der Waals surface area contributed by atoms with Crippen LogP contribution in [0.5, 0.6) is 0 Å². The fourth-order valence-corrected chi connectivity index (χ4v) is 0.511. The average Bonchev–Trinajstić information content (AvgIpc) is 1.91. The van der Waals surface area contributed by atoms with E-state index in [1.807, 2.05) is 6.07 Å². The zero-order chi connectivity index (χ0) is 6.53. The Morgan fingerprint density at radius 3 is 2.80 bits per heavy atom. The van der Waals surface area contributed by atoms with Gasteiger partial charge in [0.1, 0.15) is 0 Å². The van der Waals surface area contributed by atoms with Crippen molar-refractivity contribution >= 4 is 6.21 Å². The summed E-state index contributed by atoms with van der Waals surface area (Å²) in [7, 11) is 0. The summed E-state index contributed by atoms with van der Waals surface area (Å²) in [4.78, 5) is 3.86. The van der Waals surface area contributed by atoms with Crippen molar-refractivity contribution < 1.29 is 37.9 Å². The molecule has 1 rings (SSSR count). The van der Waals surface area contributed by atoms with Crippen molar-refractivity contribution in [3.63, 3.8) is 0 Å². The van der Waals surface area contributed by atoms with Gasteiger partial charge in [-0.2, -0.15) is 0 Å².